The highest BCUT2D eigenvalue weighted by atomic mass is 16.2. The van der Waals surface area contributed by atoms with E-state index in [2.05, 4.69) is 16.4 Å². The number of nitrogens with zero attached hydrogens (tertiary/aromatic N) is 2. The van der Waals surface area contributed by atoms with Crippen LogP contribution in [0, 0.1) is 19.8 Å². The molecule has 0 radical (unpaired) electrons. The number of likely N-dealkylation sites (tertiary alicyclic amines) is 1. The number of aromatic nitrogens is 1. The van der Waals surface area contributed by atoms with Crippen LogP contribution in [0.25, 0.3) is 0 Å². The molecule has 1 aliphatic heterocycles. The Balaban J connectivity index is 1.58. The normalized spacial score (nSPS) is 15.0. The zero-order valence-corrected chi connectivity index (χ0v) is 14.7. The molecular formula is C20H23N3O2. The number of carbonyl (C=O) groups excluding carboxylic acids is 2. The van der Waals surface area contributed by atoms with Crippen LogP contribution in [0.2, 0.25) is 0 Å². The zero-order valence-electron chi connectivity index (χ0n) is 14.7. The maximum Gasteiger partial charge on any atom is 0.253 e. The summed E-state index contributed by atoms with van der Waals surface area (Å²) in [6.45, 7) is 5.22. The summed E-state index contributed by atoms with van der Waals surface area (Å²) in [5, 5.41) is 2.92. The first-order valence-electron chi connectivity index (χ1n) is 8.61. The Morgan fingerprint density at radius 2 is 1.64 bits per heavy atom. The molecule has 1 aromatic heterocycles. The van der Waals surface area contributed by atoms with Crippen molar-refractivity contribution in [3.05, 3.63) is 59.4 Å². The predicted octanol–water partition coefficient (Wildman–Crippen LogP) is 3.19. The van der Waals surface area contributed by atoms with Gasteiger partial charge in [-0.25, -0.2) is 0 Å². The smallest absolute Gasteiger partial charge is 0.253 e. The summed E-state index contributed by atoms with van der Waals surface area (Å²) >= 11 is 0. The third-order valence-corrected chi connectivity index (χ3v) is 4.57. The van der Waals surface area contributed by atoms with Gasteiger partial charge >= 0.3 is 0 Å². The molecule has 0 spiro atoms. The van der Waals surface area contributed by atoms with Gasteiger partial charge in [0.2, 0.25) is 5.91 Å². The van der Waals surface area contributed by atoms with E-state index in [9.17, 15) is 9.59 Å². The molecule has 0 aliphatic carbocycles. The van der Waals surface area contributed by atoms with Crippen molar-refractivity contribution in [3.8, 4) is 0 Å². The minimum atomic E-state index is -0.0588. The fourth-order valence-corrected chi connectivity index (χ4v) is 3.31. The van der Waals surface area contributed by atoms with E-state index in [4.69, 9.17) is 0 Å². The number of amides is 2. The van der Waals surface area contributed by atoms with E-state index in [0.29, 0.717) is 25.9 Å². The highest BCUT2D eigenvalue weighted by molar-refractivity contribution is 5.95. The second-order valence-electron chi connectivity index (χ2n) is 6.67. The SMILES string of the molecule is Cc1cc(C)cc(C(=O)N2CCC(C(=O)Nc3ccncc3)CC2)c1. The Bertz CT molecular complexity index is 746. The molecule has 130 valence electrons. The molecule has 2 aromatic rings. The summed E-state index contributed by atoms with van der Waals surface area (Å²) in [4.78, 5) is 30.9. The number of piperidine rings is 1. The third-order valence-electron chi connectivity index (χ3n) is 4.57. The summed E-state index contributed by atoms with van der Waals surface area (Å²) in [5.41, 5.74) is 3.68. The number of hydrogen-bond acceptors (Lipinski definition) is 3. The Morgan fingerprint density at radius 1 is 1.04 bits per heavy atom. The first-order chi connectivity index (χ1) is 12.0. The quantitative estimate of drug-likeness (QED) is 0.935. The topological polar surface area (TPSA) is 62.3 Å². The molecule has 1 saturated heterocycles. The summed E-state index contributed by atoms with van der Waals surface area (Å²) < 4.78 is 0. The number of carbonyl (C=O) groups is 2. The number of nitrogens with one attached hydrogen (secondary N) is 1. The molecule has 2 heterocycles. The number of benzene rings is 1. The lowest BCUT2D eigenvalue weighted by Crippen LogP contribution is -2.41. The highest BCUT2D eigenvalue weighted by Gasteiger charge is 2.28. The number of hydrogen-bond donors (Lipinski definition) is 1. The van der Waals surface area contributed by atoms with Crippen LogP contribution in [-0.4, -0.2) is 34.8 Å². The van der Waals surface area contributed by atoms with Gasteiger partial charge in [0.15, 0.2) is 0 Å². The molecule has 2 amide bonds. The maximum absolute atomic E-state index is 12.7. The van der Waals surface area contributed by atoms with Crippen molar-refractivity contribution >= 4 is 17.5 Å². The van der Waals surface area contributed by atoms with E-state index in [-0.39, 0.29) is 17.7 Å². The van der Waals surface area contributed by atoms with E-state index < -0.39 is 0 Å². The van der Waals surface area contributed by atoms with Crippen LogP contribution in [0.15, 0.2) is 42.7 Å². The second-order valence-corrected chi connectivity index (χ2v) is 6.67. The first-order valence-corrected chi connectivity index (χ1v) is 8.61. The van der Waals surface area contributed by atoms with Crippen molar-refractivity contribution < 1.29 is 9.59 Å². The van der Waals surface area contributed by atoms with Crippen LogP contribution < -0.4 is 5.32 Å². The minimum Gasteiger partial charge on any atom is -0.339 e. The molecular weight excluding hydrogens is 314 g/mol. The van der Waals surface area contributed by atoms with Crippen LogP contribution in [0.1, 0.15) is 34.3 Å². The molecule has 1 N–H and O–H groups in total. The Hall–Kier alpha value is -2.69. The molecule has 25 heavy (non-hydrogen) atoms. The van der Waals surface area contributed by atoms with E-state index in [0.717, 1.165) is 22.4 Å². The van der Waals surface area contributed by atoms with Gasteiger partial charge in [0.1, 0.15) is 0 Å². The molecule has 0 atom stereocenters. The predicted molar refractivity (Wildman–Crippen MR) is 97.4 cm³/mol. The van der Waals surface area contributed by atoms with E-state index in [1.165, 1.54) is 0 Å². The average Bonchev–Trinajstić information content (AvgIpc) is 2.61. The summed E-state index contributed by atoms with van der Waals surface area (Å²) in [6.07, 6.45) is 4.68. The largest absolute Gasteiger partial charge is 0.339 e. The van der Waals surface area contributed by atoms with Crippen LogP contribution in [0.3, 0.4) is 0 Å². The molecule has 5 heteroatoms. The minimum absolute atomic E-state index is 0.0182. The average molecular weight is 337 g/mol. The molecule has 5 nitrogen and oxygen atoms in total. The summed E-state index contributed by atoms with van der Waals surface area (Å²) in [6, 6.07) is 9.47. The van der Waals surface area contributed by atoms with Crippen LogP contribution in [0.5, 0.6) is 0 Å². The standard InChI is InChI=1S/C20H23N3O2/c1-14-11-15(2)13-17(12-14)20(25)23-9-5-16(6-10-23)19(24)22-18-3-7-21-8-4-18/h3-4,7-8,11-13,16H,5-6,9-10H2,1-2H3,(H,21,22,24). The molecule has 1 fully saturated rings. The lowest BCUT2D eigenvalue weighted by Gasteiger charge is -2.31. The van der Waals surface area contributed by atoms with Crippen molar-refractivity contribution in [2.45, 2.75) is 26.7 Å². The van der Waals surface area contributed by atoms with Gasteiger partial charge < -0.3 is 10.2 Å². The lowest BCUT2D eigenvalue weighted by molar-refractivity contribution is -0.121. The van der Waals surface area contributed by atoms with Gasteiger partial charge in [-0.2, -0.15) is 0 Å². The summed E-state index contributed by atoms with van der Waals surface area (Å²) in [5.74, 6) is 0.0148. The highest BCUT2D eigenvalue weighted by Crippen LogP contribution is 2.21. The fourth-order valence-electron chi connectivity index (χ4n) is 3.31. The van der Waals surface area contributed by atoms with E-state index in [1.807, 2.05) is 30.9 Å². The van der Waals surface area contributed by atoms with Crippen molar-refractivity contribution in [2.75, 3.05) is 18.4 Å². The first kappa shape index (κ1) is 17.1. The molecule has 3 rings (SSSR count). The van der Waals surface area contributed by atoms with Gasteiger partial charge in [0.25, 0.3) is 5.91 Å². The van der Waals surface area contributed by atoms with Crippen LogP contribution in [0.4, 0.5) is 5.69 Å². The van der Waals surface area contributed by atoms with Gasteiger partial charge in [-0.3, -0.25) is 14.6 Å². The van der Waals surface area contributed by atoms with Crippen molar-refractivity contribution in [3.63, 3.8) is 0 Å². The number of anilines is 1. The van der Waals surface area contributed by atoms with Crippen LogP contribution >= 0.6 is 0 Å². The van der Waals surface area contributed by atoms with Crippen molar-refractivity contribution in [1.29, 1.82) is 0 Å². The maximum atomic E-state index is 12.7. The van der Waals surface area contributed by atoms with Gasteiger partial charge in [-0.15, -0.1) is 0 Å². The lowest BCUT2D eigenvalue weighted by atomic mass is 9.95. The molecule has 1 aromatic carbocycles. The van der Waals surface area contributed by atoms with Crippen molar-refractivity contribution in [2.24, 2.45) is 5.92 Å². The van der Waals surface area contributed by atoms with E-state index in [1.54, 1.807) is 24.5 Å². The van der Waals surface area contributed by atoms with Crippen molar-refractivity contribution in [1.82, 2.24) is 9.88 Å². The molecule has 0 bridgehead atoms. The van der Waals surface area contributed by atoms with Gasteiger partial charge in [-0.1, -0.05) is 17.2 Å². The third kappa shape index (κ3) is 4.24. The Morgan fingerprint density at radius 3 is 2.24 bits per heavy atom. The number of aryl methyl sites for hydroxylation is 2. The fraction of sp³-hybridized carbons (Fsp3) is 0.350. The Labute approximate surface area is 148 Å². The Kier molecular flexibility index (Phi) is 5.12. The molecule has 0 unspecified atom stereocenters. The number of pyridine rings is 1. The van der Waals surface area contributed by atoms with Gasteiger partial charge in [0.05, 0.1) is 0 Å². The molecule has 1 aliphatic rings. The van der Waals surface area contributed by atoms with Gasteiger partial charge in [0, 0.05) is 42.7 Å². The van der Waals surface area contributed by atoms with Gasteiger partial charge in [-0.05, 0) is 51.0 Å². The second kappa shape index (κ2) is 7.47. The summed E-state index contributed by atoms with van der Waals surface area (Å²) in [7, 11) is 0. The zero-order chi connectivity index (χ0) is 17.8. The number of rotatable bonds is 3. The van der Waals surface area contributed by atoms with Crippen LogP contribution in [-0.2, 0) is 4.79 Å². The van der Waals surface area contributed by atoms with E-state index >= 15 is 0 Å². The molecule has 0 saturated carbocycles. The monoisotopic (exact) mass is 337 g/mol.